The third kappa shape index (κ3) is 5.64. The zero-order valence-corrected chi connectivity index (χ0v) is 18.8. The molecule has 8 heteroatoms. The lowest BCUT2D eigenvalue weighted by Crippen LogP contribution is -2.45. The number of pyridine rings is 1. The van der Waals surface area contributed by atoms with Crippen molar-refractivity contribution in [2.24, 2.45) is 0 Å². The molecule has 1 N–H and O–H groups in total. The summed E-state index contributed by atoms with van der Waals surface area (Å²) >= 11 is 0. The number of aromatic nitrogens is 3. The molecule has 1 fully saturated rings. The van der Waals surface area contributed by atoms with Crippen LogP contribution in [0.15, 0.2) is 61.1 Å². The lowest BCUT2D eigenvalue weighted by atomic mass is 10.2. The van der Waals surface area contributed by atoms with Crippen LogP contribution >= 0.6 is 0 Å². The van der Waals surface area contributed by atoms with Gasteiger partial charge in [0.15, 0.2) is 0 Å². The maximum Gasteiger partial charge on any atom is 0.321 e. The van der Waals surface area contributed by atoms with Gasteiger partial charge in [0.05, 0.1) is 43.4 Å². The fourth-order valence-corrected chi connectivity index (χ4v) is 3.92. The Labute approximate surface area is 188 Å². The van der Waals surface area contributed by atoms with E-state index in [1.165, 1.54) is 5.56 Å². The van der Waals surface area contributed by atoms with Gasteiger partial charge in [0, 0.05) is 31.9 Å². The van der Waals surface area contributed by atoms with Crippen molar-refractivity contribution in [3.05, 3.63) is 72.2 Å². The van der Waals surface area contributed by atoms with E-state index in [0.717, 1.165) is 24.5 Å². The lowest BCUT2D eigenvalue weighted by molar-refractivity contribution is -0.00545. The van der Waals surface area contributed by atoms with E-state index >= 15 is 0 Å². The molecule has 3 heterocycles. The van der Waals surface area contributed by atoms with Crippen LogP contribution in [0.3, 0.4) is 0 Å². The number of ether oxygens (including phenoxy) is 1. The van der Waals surface area contributed by atoms with Gasteiger partial charge in [-0.05, 0) is 31.5 Å². The number of morpholine rings is 1. The third-order valence-electron chi connectivity index (χ3n) is 5.38. The largest absolute Gasteiger partial charge is 0.372 e. The molecule has 0 spiro atoms. The van der Waals surface area contributed by atoms with Gasteiger partial charge in [-0.15, -0.1) is 0 Å². The molecule has 2 amide bonds. The van der Waals surface area contributed by atoms with E-state index < -0.39 is 0 Å². The number of hydrogen-bond donors (Lipinski definition) is 1. The molecule has 8 nitrogen and oxygen atoms in total. The van der Waals surface area contributed by atoms with Crippen LogP contribution in [0.1, 0.15) is 25.0 Å². The van der Waals surface area contributed by atoms with Crippen LogP contribution in [0, 0.1) is 0 Å². The summed E-state index contributed by atoms with van der Waals surface area (Å²) in [6, 6.07) is 13.8. The molecule has 4 rings (SSSR count). The summed E-state index contributed by atoms with van der Waals surface area (Å²) in [4.78, 5) is 21.0. The molecule has 0 radical (unpaired) electrons. The number of benzene rings is 1. The highest BCUT2D eigenvalue weighted by molar-refractivity contribution is 5.89. The van der Waals surface area contributed by atoms with Crippen molar-refractivity contribution < 1.29 is 9.53 Å². The van der Waals surface area contributed by atoms with Crippen LogP contribution < -0.4 is 10.2 Å². The Hall–Kier alpha value is -3.39. The van der Waals surface area contributed by atoms with Gasteiger partial charge < -0.3 is 19.9 Å². The van der Waals surface area contributed by atoms with Gasteiger partial charge in [-0.2, -0.15) is 5.10 Å². The van der Waals surface area contributed by atoms with Crippen LogP contribution in [0.5, 0.6) is 0 Å². The minimum absolute atomic E-state index is 0.172. The van der Waals surface area contributed by atoms with Crippen LogP contribution in [0.2, 0.25) is 0 Å². The van der Waals surface area contributed by atoms with E-state index in [4.69, 9.17) is 4.74 Å². The molecule has 32 heavy (non-hydrogen) atoms. The fourth-order valence-electron chi connectivity index (χ4n) is 3.92. The summed E-state index contributed by atoms with van der Waals surface area (Å²) < 4.78 is 7.66. The topological polar surface area (TPSA) is 75.5 Å². The molecule has 2 atom stereocenters. The first-order valence-corrected chi connectivity index (χ1v) is 10.9. The summed E-state index contributed by atoms with van der Waals surface area (Å²) in [6.45, 7) is 6.93. The number of anilines is 2. The predicted molar refractivity (Wildman–Crippen MR) is 125 cm³/mol. The molecular formula is C24H30N6O2. The van der Waals surface area contributed by atoms with Crippen LogP contribution in [-0.2, 0) is 17.8 Å². The van der Waals surface area contributed by atoms with E-state index in [2.05, 4.69) is 46.3 Å². The van der Waals surface area contributed by atoms with Crippen molar-refractivity contribution in [2.75, 3.05) is 30.4 Å². The molecule has 0 saturated carbocycles. The van der Waals surface area contributed by atoms with Gasteiger partial charge in [-0.25, -0.2) is 9.78 Å². The van der Waals surface area contributed by atoms with Crippen LogP contribution in [-0.4, -0.2) is 58.0 Å². The minimum Gasteiger partial charge on any atom is -0.372 e. The lowest BCUT2D eigenvalue weighted by Gasteiger charge is -2.36. The maximum absolute atomic E-state index is 12.6. The number of urea groups is 1. The van der Waals surface area contributed by atoms with Crippen molar-refractivity contribution in [3.8, 4) is 0 Å². The zero-order chi connectivity index (χ0) is 22.5. The second kappa shape index (κ2) is 9.82. The summed E-state index contributed by atoms with van der Waals surface area (Å²) in [5.74, 6) is 0.893. The number of carbonyl (C=O) groups excluding carboxylic acids is 1. The number of hydrogen-bond acceptors (Lipinski definition) is 5. The van der Waals surface area contributed by atoms with Gasteiger partial charge in [-0.3, -0.25) is 4.68 Å². The Bertz CT molecular complexity index is 1010. The number of nitrogens with zero attached hydrogens (tertiary/aromatic N) is 5. The van der Waals surface area contributed by atoms with Crippen molar-refractivity contribution in [1.29, 1.82) is 0 Å². The van der Waals surface area contributed by atoms with Gasteiger partial charge in [0.25, 0.3) is 0 Å². The average Bonchev–Trinajstić information content (AvgIpc) is 3.21. The van der Waals surface area contributed by atoms with E-state index in [1.807, 2.05) is 41.2 Å². The first-order valence-electron chi connectivity index (χ1n) is 10.9. The Kier molecular flexibility index (Phi) is 6.70. The van der Waals surface area contributed by atoms with Gasteiger partial charge in [0.1, 0.15) is 5.82 Å². The van der Waals surface area contributed by atoms with Crippen LogP contribution in [0.25, 0.3) is 0 Å². The first-order chi connectivity index (χ1) is 15.5. The Morgan fingerprint density at radius 2 is 1.84 bits per heavy atom. The molecule has 0 aliphatic carbocycles. The quantitative estimate of drug-likeness (QED) is 0.642. The highest BCUT2D eigenvalue weighted by atomic mass is 16.5. The Balaban J connectivity index is 1.30. The molecule has 1 saturated heterocycles. The fraction of sp³-hybridized carbons (Fsp3) is 0.375. The summed E-state index contributed by atoms with van der Waals surface area (Å²) in [6.07, 6.45) is 5.81. The number of carbonyl (C=O) groups is 1. The molecule has 1 aliphatic rings. The summed E-state index contributed by atoms with van der Waals surface area (Å²) in [7, 11) is 1.77. The number of amides is 2. The van der Waals surface area contributed by atoms with E-state index in [9.17, 15) is 4.79 Å². The Morgan fingerprint density at radius 1 is 1.09 bits per heavy atom. The predicted octanol–water partition coefficient (Wildman–Crippen LogP) is 3.60. The molecule has 0 bridgehead atoms. The van der Waals surface area contributed by atoms with Gasteiger partial charge in [-0.1, -0.05) is 30.3 Å². The SMILES string of the molecule is C[C@@H]1CN(c2ccc(NC(=O)N(C)Cc3cnn(Cc4ccccc4)c3)cn2)C[C@@H](C)O1. The van der Waals surface area contributed by atoms with E-state index in [-0.39, 0.29) is 18.2 Å². The molecule has 3 aromatic rings. The van der Waals surface area contributed by atoms with E-state index in [1.54, 1.807) is 24.3 Å². The summed E-state index contributed by atoms with van der Waals surface area (Å²) in [5, 5.41) is 7.32. The van der Waals surface area contributed by atoms with Crippen molar-refractivity contribution in [2.45, 2.75) is 39.1 Å². The molecule has 1 aliphatic heterocycles. The highest BCUT2D eigenvalue weighted by Gasteiger charge is 2.23. The molecule has 2 aromatic heterocycles. The van der Waals surface area contributed by atoms with Crippen molar-refractivity contribution >= 4 is 17.5 Å². The third-order valence-corrected chi connectivity index (χ3v) is 5.38. The molecular weight excluding hydrogens is 404 g/mol. The molecule has 168 valence electrons. The normalized spacial score (nSPS) is 18.4. The van der Waals surface area contributed by atoms with Gasteiger partial charge in [0.2, 0.25) is 0 Å². The van der Waals surface area contributed by atoms with Crippen molar-refractivity contribution in [3.63, 3.8) is 0 Å². The second-order valence-electron chi connectivity index (χ2n) is 8.39. The van der Waals surface area contributed by atoms with Gasteiger partial charge >= 0.3 is 6.03 Å². The minimum atomic E-state index is -0.191. The highest BCUT2D eigenvalue weighted by Crippen LogP contribution is 2.20. The standard InChI is InChI=1S/C24H30N6O2/c1-18-13-29(14-19(2)32-18)23-10-9-22(12-25-23)27-24(31)28(3)15-21-11-26-30(17-21)16-20-7-5-4-6-8-20/h4-12,17-19H,13-16H2,1-3H3,(H,27,31)/t18-,19-/m1/s1. The monoisotopic (exact) mass is 434 g/mol. The zero-order valence-electron chi connectivity index (χ0n) is 18.8. The number of nitrogens with one attached hydrogen (secondary N) is 1. The van der Waals surface area contributed by atoms with E-state index in [0.29, 0.717) is 18.8 Å². The summed E-state index contributed by atoms with van der Waals surface area (Å²) in [5.41, 5.74) is 2.83. The maximum atomic E-state index is 12.6. The first kappa shape index (κ1) is 21.8. The van der Waals surface area contributed by atoms with Crippen molar-refractivity contribution in [1.82, 2.24) is 19.7 Å². The Morgan fingerprint density at radius 3 is 2.53 bits per heavy atom. The smallest absolute Gasteiger partial charge is 0.321 e. The second-order valence-corrected chi connectivity index (χ2v) is 8.39. The average molecular weight is 435 g/mol. The number of rotatable bonds is 6. The molecule has 1 aromatic carbocycles. The molecule has 0 unspecified atom stereocenters. The van der Waals surface area contributed by atoms with Crippen LogP contribution in [0.4, 0.5) is 16.3 Å².